The van der Waals surface area contributed by atoms with E-state index < -0.39 is 0 Å². The molecule has 0 saturated heterocycles. The molecule has 3 aromatic heterocycles. The van der Waals surface area contributed by atoms with Crippen LogP contribution in [0.15, 0.2) is 22.4 Å². The summed E-state index contributed by atoms with van der Waals surface area (Å²) < 4.78 is 1.58. The normalized spacial score (nSPS) is 13.1. The van der Waals surface area contributed by atoms with Crippen molar-refractivity contribution in [2.75, 3.05) is 7.05 Å². The van der Waals surface area contributed by atoms with Crippen LogP contribution in [0.4, 0.5) is 0 Å². The van der Waals surface area contributed by atoms with Gasteiger partial charge in [0.25, 0.3) is 5.56 Å². The van der Waals surface area contributed by atoms with Crippen LogP contribution in [0.2, 0.25) is 0 Å². The summed E-state index contributed by atoms with van der Waals surface area (Å²) >= 11 is 3.26. The van der Waals surface area contributed by atoms with Gasteiger partial charge >= 0.3 is 0 Å². The Kier molecular flexibility index (Phi) is 4.61. The first-order chi connectivity index (χ1) is 11.0. The molecule has 0 aliphatic rings. The molecule has 0 unspecified atom stereocenters. The third-order valence-corrected chi connectivity index (χ3v) is 6.22. The highest BCUT2D eigenvalue weighted by molar-refractivity contribution is 7.15. The Bertz CT molecular complexity index is 880. The fourth-order valence-corrected chi connectivity index (χ4v) is 4.43. The lowest BCUT2D eigenvalue weighted by Crippen LogP contribution is -2.24. The quantitative estimate of drug-likeness (QED) is 0.710. The molecule has 5 nitrogen and oxygen atoms in total. The number of aryl methyl sites for hydroxylation is 2. The van der Waals surface area contributed by atoms with E-state index in [0.717, 1.165) is 22.8 Å². The third kappa shape index (κ3) is 3.22. The molecule has 122 valence electrons. The summed E-state index contributed by atoms with van der Waals surface area (Å²) in [5.41, 5.74) is 1.90. The maximum atomic E-state index is 12.1. The minimum absolute atomic E-state index is 0.0189. The zero-order valence-corrected chi connectivity index (χ0v) is 15.4. The van der Waals surface area contributed by atoms with E-state index >= 15 is 0 Å². The van der Waals surface area contributed by atoms with E-state index in [2.05, 4.69) is 42.7 Å². The van der Waals surface area contributed by atoms with Crippen molar-refractivity contribution in [3.8, 4) is 0 Å². The maximum absolute atomic E-state index is 12.1. The first-order valence-electron chi connectivity index (χ1n) is 7.61. The van der Waals surface area contributed by atoms with E-state index in [9.17, 15) is 4.79 Å². The van der Waals surface area contributed by atoms with Crippen LogP contribution >= 0.6 is 22.7 Å². The van der Waals surface area contributed by atoms with Crippen molar-refractivity contribution in [2.45, 2.75) is 39.8 Å². The number of thiazole rings is 2. The molecule has 0 aliphatic heterocycles. The van der Waals surface area contributed by atoms with E-state index in [1.807, 2.05) is 5.38 Å². The highest BCUT2D eigenvalue weighted by atomic mass is 32.1. The predicted octanol–water partition coefficient (Wildman–Crippen LogP) is 3.28. The van der Waals surface area contributed by atoms with Gasteiger partial charge in [-0.2, -0.15) is 0 Å². The van der Waals surface area contributed by atoms with Gasteiger partial charge in [-0.3, -0.25) is 14.1 Å². The van der Waals surface area contributed by atoms with E-state index in [0.29, 0.717) is 6.54 Å². The van der Waals surface area contributed by atoms with Gasteiger partial charge in [0.05, 0.1) is 16.4 Å². The summed E-state index contributed by atoms with van der Waals surface area (Å²) in [7, 11) is 2.06. The van der Waals surface area contributed by atoms with Gasteiger partial charge in [-0.15, -0.1) is 22.7 Å². The molecule has 0 radical (unpaired) electrons. The number of hydrogen-bond donors (Lipinski definition) is 0. The fourth-order valence-electron chi connectivity index (χ4n) is 2.57. The van der Waals surface area contributed by atoms with E-state index in [-0.39, 0.29) is 11.6 Å². The predicted molar refractivity (Wildman–Crippen MR) is 95.5 cm³/mol. The molecule has 0 bridgehead atoms. The van der Waals surface area contributed by atoms with Gasteiger partial charge in [-0.25, -0.2) is 9.97 Å². The standard InChI is InChI=1S/C16H20N4OS2/c1-5-13-17-10(2)15(23-13)11(3)19(4)9-12-8-14(21)20-6-7-22-16(20)18-12/h6-8,11H,5,9H2,1-4H3/t11-/m1/s1. The van der Waals surface area contributed by atoms with Crippen LogP contribution in [0, 0.1) is 6.92 Å². The average molecular weight is 348 g/mol. The van der Waals surface area contributed by atoms with E-state index in [1.54, 1.807) is 28.0 Å². The Hall–Kier alpha value is -1.57. The van der Waals surface area contributed by atoms with Gasteiger partial charge < -0.3 is 0 Å². The van der Waals surface area contributed by atoms with Gasteiger partial charge in [0.2, 0.25) is 0 Å². The zero-order chi connectivity index (χ0) is 16.6. The fraction of sp³-hybridized carbons (Fsp3) is 0.438. The molecule has 0 amide bonds. The summed E-state index contributed by atoms with van der Waals surface area (Å²) in [6.07, 6.45) is 2.73. The molecule has 0 aromatic carbocycles. The third-order valence-electron chi connectivity index (χ3n) is 3.99. The number of fused-ring (bicyclic) bond motifs is 1. The molecular weight excluding hydrogens is 328 g/mol. The Morgan fingerprint density at radius 3 is 2.87 bits per heavy atom. The second-order valence-corrected chi connectivity index (χ2v) is 7.63. The van der Waals surface area contributed by atoms with Gasteiger partial charge in [-0.05, 0) is 27.3 Å². The second kappa shape index (κ2) is 6.51. The van der Waals surface area contributed by atoms with Crippen LogP contribution in [0.1, 0.15) is 41.2 Å². The zero-order valence-electron chi connectivity index (χ0n) is 13.7. The smallest absolute Gasteiger partial charge is 0.258 e. The summed E-state index contributed by atoms with van der Waals surface area (Å²) in [5.74, 6) is 0. The van der Waals surface area contributed by atoms with Gasteiger partial charge in [0.1, 0.15) is 0 Å². The molecule has 3 rings (SSSR count). The number of hydrogen-bond acceptors (Lipinski definition) is 6. The maximum Gasteiger partial charge on any atom is 0.258 e. The first kappa shape index (κ1) is 16.3. The summed E-state index contributed by atoms with van der Waals surface area (Å²) in [5, 5.41) is 3.06. The minimum Gasteiger partial charge on any atom is -0.293 e. The molecule has 3 heterocycles. The van der Waals surface area contributed by atoms with Crippen LogP contribution in [0.5, 0.6) is 0 Å². The SMILES string of the molecule is CCc1nc(C)c([C@@H](C)N(C)Cc2cc(=O)n3ccsc3n2)s1. The van der Waals surface area contributed by atoms with Gasteiger partial charge in [0, 0.05) is 35.1 Å². The van der Waals surface area contributed by atoms with Crippen LogP contribution in [0.25, 0.3) is 4.96 Å². The van der Waals surface area contributed by atoms with E-state index in [4.69, 9.17) is 0 Å². The lowest BCUT2D eigenvalue weighted by atomic mass is 10.2. The van der Waals surface area contributed by atoms with E-state index in [1.165, 1.54) is 21.2 Å². The highest BCUT2D eigenvalue weighted by Crippen LogP contribution is 2.29. The summed E-state index contributed by atoms with van der Waals surface area (Å²) in [6.45, 7) is 7.02. The first-order valence-corrected chi connectivity index (χ1v) is 9.31. The topological polar surface area (TPSA) is 50.5 Å². The molecule has 1 atom stereocenters. The number of aromatic nitrogens is 3. The minimum atomic E-state index is -0.0189. The molecule has 0 spiro atoms. The number of rotatable bonds is 5. The molecule has 7 heteroatoms. The monoisotopic (exact) mass is 348 g/mol. The summed E-state index contributed by atoms with van der Waals surface area (Å²) in [6, 6.07) is 1.87. The van der Waals surface area contributed by atoms with Gasteiger partial charge in [0.15, 0.2) is 4.96 Å². The lowest BCUT2D eigenvalue weighted by Gasteiger charge is -2.23. The van der Waals surface area contributed by atoms with Crippen LogP contribution in [0.3, 0.4) is 0 Å². The van der Waals surface area contributed by atoms with Crippen molar-refractivity contribution >= 4 is 27.6 Å². The molecule has 0 N–H and O–H groups in total. The lowest BCUT2D eigenvalue weighted by molar-refractivity contribution is 0.252. The average Bonchev–Trinajstić information content (AvgIpc) is 3.12. The van der Waals surface area contributed by atoms with Crippen LogP contribution in [-0.2, 0) is 13.0 Å². The highest BCUT2D eigenvalue weighted by Gasteiger charge is 2.19. The molecular formula is C16H20N4OS2. The second-order valence-electron chi connectivity index (χ2n) is 5.64. The Morgan fingerprint density at radius 2 is 2.17 bits per heavy atom. The Labute approximate surface area is 143 Å². The molecule has 0 fully saturated rings. The molecule has 23 heavy (non-hydrogen) atoms. The summed E-state index contributed by atoms with van der Waals surface area (Å²) in [4.78, 5) is 25.5. The van der Waals surface area contributed by atoms with Crippen molar-refractivity contribution in [3.63, 3.8) is 0 Å². The number of nitrogens with zero attached hydrogens (tertiary/aromatic N) is 4. The van der Waals surface area contributed by atoms with Crippen molar-refractivity contribution in [1.29, 1.82) is 0 Å². The van der Waals surface area contributed by atoms with Crippen LogP contribution < -0.4 is 5.56 Å². The van der Waals surface area contributed by atoms with Crippen molar-refractivity contribution in [3.05, 3.63) is 49.3 Å². The molecule has 3 aromatic rings. The van der Waals surface area contributed by atoms with Crippen molar-refractivity contribution < 1.29 is 0 Å². The van der Waals surface area contributed by atoms with Gasteiger partial charge in [-0.1, -0.05) is 6.92 Å². The largest absolute Gasteiger partial charge is 0.293 e. The molecule has 0 saturated carbocycles. The Morgan fingerprint density at radius 1 is 1.39 bits per heavy atom. The van der Waals surface area contributed by atoms with Crippen molar-refractivity contribution in [2.24, 2.45) is 0 Å². The van der Waals surface area contributed by atoms with Crippen LogP contribution in [-0.4, -0.2) is 26.3 Å². The molecule has 0 aliphatic carbocycles. The van der Waals surface area contributed by atoms with Crippen molar-refractivity contribution in [1.82, 2.24) is 19.3 Å². The Balaban J connectivity index is 1.82.